The molecule has 0 amide bonds. The summed E-state index contributed by atoms with van der Waals surface area (Å²) >= 11 is 0. The molecule has 0 aromatic rings. The molecule has 0 heterocycles. The zero-order chi connectivity index (χ0) is 19.6. The second-order valence-electron chi connectivity index (χ2n) is 12.0. The fourth-order valence-electron chi connectivity index (χ4n) is 9.95. The molecule has 0 radical (unpaired) electrons. The van der Waals surface area contributed by atoms with Crippen LogP contribution < -0.4 is 0 Å². The molecular formula is C24H36O3. The molecule has 27 heavy (non-hydrogen) atoms. The Kier molecular flexibility index (Phi) is 3.32. The van der Waals surface area contributed by atoms with Gasteiger partial charge in [-0.15, -0.1) is 0 Å². The van der Waals surface area contributed by atoms with Crippen LogP contribution in [0.3, 0.4) is 0 Å². The molecule has 0 unspecified atom stereocenters. The monoisotopic (exact) mass is 372 g/mol. The quantitative estimate of drug-likeness (QED) is 0.734. The largest absolute Gasteiger partial charge is 0.392 e. The summed E-state index contributed by atoms with van der Waals surface area (Å²) in [6.45, 7) is 10.8. The van der Waals surface area contributed by atoms with Gasteiger partial charge in [0.15, 0.2) is 0 Å². The molecule has 2 spiro atoms. The van der Waals surface area contributed by atoms with Crippen molar-refractivity contribution in [3.05, 3.63) is 0 Å². The van der Waals surface area contributed by atoms with Crippen molar-refractivity contribution in [3.63, 3.8) is 0 Å². The van der Waals surface area contributed by atoms with E-state index >= 15 is 0 Å². The lowest BCUT2D eigenvalue weighted by Gasteiger charge is -2.61. The third-order valence-corrected chi connectivity index (χ3v) is 11.3. The summed E-state index contributed by atoms with van der Waals surface area (Å²) in [5.74, 6) is 1.58. The van der Waals surface area contributed by atoms with Gasteiger partial charge in [0.25, 0.3) is 0 Å². The zero-order valence-electron chi connectivity index (χ0n) is 17.7. The van der Waals surface area contributed by atoms with Crippen molar-refractivity contribution < 1.29 is 14.7 Å². The molecule has 150 valence electrons. The van der Waals surface area contributed by atoms with Gasteiger partial charge in [0.05, 0.1) is 6.10 Å². The van der Waals surface area contributed by atoms with Gasteiger partial charge in [-0.2, -0.15) is 0 Å². The SMILES string of the molecule is CC(=O)[C@H]1[C@@H](O)C[C@@]2(C)[C@@H]3CC[C@H]4C(C)(C)C(=O)CC[C@@]45C[C@@]35CC[C@]12C. The maximum Gasteiger partial charge on any atom is 0.138 e. The number of carbonyl (C=O) groups excluding carboxylic acids is 2. The molecule has 0 aromatic heterocycles. The summed E-state index contributed by atoms with van der Waals surface area (Å²) < 4.78 is 0. The summed E-state index contributed by atoms with van der Waals surface area (Å²) in [5.41, 5.74) is 0.516. The molecule has 5 aliphatic rings. The molecule has 0 bridgehead atoms. The molecule has 5 saturated carbocycles. The minimum absolute atomic E-state index is 0.0427. The van der Waals surface area contributed by atoms with Crippen LogP contribution in [-0.4, -0.2) is 22.8 Å². The molecule has 1 N–H and O–H groups in total. The lowest BCUT2D eigenvalue weighted by molar-refractivity contribution is -0.158. The van der Waals surface area contributed by atoms with Crippen LogP contribution in [0.5, 0.6) is 0 Å². The number of hydrogen-bond acceptors (Lipinski definition) is 3. The molecule has 0 aromatic carbocycles. The maximum absolute atomic E-state index is 12.7. The fourth-order valence-corrected chi connectivity index (χ4v) is 9.95. The van der Waals surface area contributed by atoms with Crippen molar-refractivity contribution in [3.8, 4) is 0 Å². The lowest BCUT2D eigenvalue weighted by atomic mass is 9.42. The molecule has 8 atom stereocenters. The number of aliphatic hydroxyl groups is 1. The summed E-state index contributed by atoms with van der Waals surface area (Å²) in [6.07, 6.45) is 8.01. The first-order valence-electron chi connectivity index (χ1n) is 11.2. The number of ketones is 2. The highest BCUT2D eigenvalue weighted by Crippen LogP contribution is 2.88. The Hall–Kier alpha value is -0.700. The molecule has 5 fully saturated rings. The Bertz CT molecular complexity index is 740. The molecule has 3 heteroatoms. The van der Waals surface area contributed by atoms with E-state index in [-0.39, 0.29) is 27.9 Å². The van der Waals surface area contributed by atoms with E-state index in [1.54, 1.807) is 6.92 Å². The molecule has 5 rings (SSSR count). The highest BCUT2D eigenvalue weighted by atomic mass is 16.3. The summed E-state index contributed by atoms with van der Waals surface area (Å²) in [4.78, 5) is 25.1. The first-order chi connectivity index (χ1) is 12.5. The zero-order valence-corrected chi connectivity index (χ0v) is 17.7. The van der Waals surface area contributed by atoms with Crippen molar-refractivity contribution in [2.24, 2.45) is 44.8 Å². The highest BCUT2D eigenvalue weighted by Gasteiger charge is 2.82. The van der Waals surface area contributed by atoms with E-state index in [0.717, 1.165) is 32.1 Å². The van der Waals surface area contributed by atoms with Crippen molar-refractivity contribution >= 4 is 11.6 Å². The maximum atomic E-state index is 12.7. The second-order valence-corrected chi connectivity index (χ2v) is 12.0. The topological polar surface area (TPSA) is 54.4 Å². The van der Waals surface area contributed by atoms with E-state index in [1.807, 2.05) is 0 Å². The molecule has 3 nitrogen and oxygen atoms in total. The third kappa shape index (κ3) is 1.76. The number of rotatable bonds is 1. The Morgan fingerprint density at radius 1 is 0.963 bits per heavy atom. The lowest BCUT2D eigenvalue weighted by Crippen LogP contribution is -2.57. The number of hydrogen-bond donors (Lipinski definition) is 1. The number of carbonyl (C=O) groups is 2. The van der Waals surface area contributed by atoms with E-state index in [1.165, 1.54) is 19.3 Å². The number of Topliss-reactive ketones (excluding diaryl/α,β-unsaturated/α-hetero) is 2. The van der Waals surface area contributed by atoms with E-state index in [0.29, 0.717) is 28.4 Å². The second kappa shape index (κ2) is 4.89. The van der Waals surface area contributed by atoms with Gasteiger partial charge in [0.1, 0.15) is 11.6 Å². The predicted molar refractivity (Wildman–Crippen MR) is 104 cm³/mol. The van der Waals surface area contributed by atoms with Crippen LogP contribution in [0.1, 0.15) is 86.0 Å². The Balaban J connectivity index is 1.57. The van der Waals surface area contributed by atoms with Crippen molar-refractivity contribution in [1.29, 1.82) is 0 Å². The average molecular weight is 373 g/mol. The standard InChI is InChI=1S/C24H36O3/c1-14(25)19-15(26)12-22(5)17-7-6-16-20(2,3)18(27)8-9-23(16)13-24(17,23)11-10-21(19,22)4/h15-17,19,26H,6-13H2,1-5H3/t15-,16-,17-,19-,21+,22-,23+,24-/m0/s1. The van der Waals surface area contributed by atoms with Crippen LogP contribution in [0.15, 0.2) is 0 Å². The van der Waals surface area contributed by atoms with Gasteiger partial charge in [-0.3, -0.25) is 9.59 Å². The van der Waals surface area contributed by atoms with Crippen molar-refractivity contribution in [1.82, 2.24) is 0 Å². The normalized spacial score (nSPS) is 57.9. The van der Waals surface area contributed by atoms with Crippen LogP contribution in [0.25, 0.3) is 0 Å². The van der Waals surface area contributed by atoms with Gasteiger partial charge in [-0.1, -0.05) is 27.7 Å². The number of fused-ring (bicyclic) bond motifs is 2. The minimum atomic E-state index is -0.482. The molecule has 0 saturated heterocycles. The van der Waals surface area contributed by atoms with Crippen molar-refractivity contribution in [2.45, 2.75) is 92.1 Å². The van der Waals surface area contributed by atoms with Gasteiger partial charge in [0, 0.05) is 17.8 Å². The van der Waals surface area contributed by atoms with Crippen LogP contribution in [-0.2, 0) is 9.59 Å². The highest BCUT2D eigenvalue weighted by molar-refractivity contribution is 5.86. The van der Waals surface area contributed by atoms with Gasteiger partial charge < -0.3 is 5.11 Å². The smallest absolute Gasteiger partial charge is 0.138 e. The number of aliphatic hydroxyl groups excluding tert-OH is 1. The minimum Gasteiger partial charge on any atom is -0.392 e. The molecule has 5 aliphatic carbocycles. The fraction of sp³-hybridized carbons (Fsp3) is 0.917. The van der Waals surface area contributed by atoms with Crippen molar-refractivity contribution in [2.75, 3.05) is 0 Å². The van der Waals surface area contributed by atoms with E-state index in [2.05, 4.69) is 27.7 Å². The Labute approximate surface area is 163 Å². The first kappa shape index (κ1) is 18.3. The van der Waals surface area contributed by atoms with Gasteiger partial charge in [-0.05, 0) is 85.4 Å². The molecular weight excluding hydrogens is 336 g/mol. The van der Waals surface area contributed by atoms with Gasteiger partial charge in [-0.25, -0.2) is 0 Å². The summed E-state index contributed by atoms with van der Waals surface area (Å²) in [6, 6.07) is 0. The third-order valence-electron chi connectivity index (χ3n) is 11.3. The average Bonchev–Trinajstić information content (AvgIpc) is 3.17. The van der Waals surface area contributed by atoms with E-state index in [9.17, 15) is 14.7 Å². The Morgan fingerprint density at radius 3 is 2.26 bits per heavy atom. The summed E-state index contributed by atoms with van der Waals surface area (Å²) in [5, 5.41) is 10.9. The van der Waals surface area contributed by atoms with E-state index in [4.69, 9.17) is 0 Å². The summed E-state index contributed by atoms with van der Waals surface area (Å²) in [7, 11) is 0. The van der Waals surface area contributed by atoms with Crippen LogP contribution in [0.4, 0.5) is 0 Å². The van der Waals surface area contributed by atoms with Gasteiger partial charge in [0.2, 0.25) is 0 Å². The Morgan fingerprint density at radius 2 is 1.59 bits per heavy atom. The predicted octanol–water partition coefficient (Wildman–Crippen LogP) is 4.55. The first-order valence-corrected chi connectivity index (χ1v) is 11.2. The van der Waals surface area contributed by atoms with E-state index < -0.39 is 6.10 Å². The molecule has 0 aliphatic heterocycles. The van der Waals surface area contributed by atoms with Crippen LogP contribution >= 0.6 is 0 Å². The van der Waals surface area contributed by atoms with Gasteiger partial charge >= 0.3 is 0 Å². The van der Waals surface area contributed by atoms with Crippen LogP contribution in [0.2, 0.25) is 0 Å². The van der Waals surface area contributed by atoms with Crippen LogP contribution in [0, 0.1) is 44.8 Å².